The Hall–Kier alpha value is -0.460. The van der Waals surface area contributed by atoms with Gasteiger partial charge < -0.3 is 25.5 Å². The summed E-state index contributed by atoms with van der Waals surface area (Å²) in [7, 11) is 0. The molecular weight excluding hydrogens is 320 g/mol. The lowest BCUT2D eigenvalue weighted by Gasteiger charge is -2.66. The van der Waals surface area contributed by atoms with Gasteiger partial charge in [-0.05, 0) is 56.3 Å². The molecule has 0 radical (unpaired) electrons. The number of fused-ring (bicyclic) bond motifs is 2. The highest BCUT2D eigenvalue weighted by Crippen LogP contribution is 2.74. The second-order valence-electron chi connectivity index (χ2n) is 9.77. The first-order chi connectivity index (χ1) is 11.6. The maximum absolute atomic E-state index is 11.2. The van der Waals surface area contributed by atoms with Gasteiger partial charge in [0.25, 0.3) is 0 Å². The quantitative estimate of drug-likeness (QED) is 0.480. The van der Waals surface area contributed by atoms with E-state index in [1.54, 1.807) is 0 Å². The number of rotatable bonds is 2. The highest BCUT2D eigenvalue weighted by Gasteiger charge is 2.71. The molecule has 5 heteroatoms. The van der Waals surface area contributed by atoms with Crippen LogP contribution in [-0.2, 0) is 0 Å². The van der Waals surface area contributed by atoms with Crippen molar-refractivity contribution in [2.45, 2.75) is 76.1 Å². The molecule has 0 aromatic rings. The monoisotopic (exact) mass is 352 g/mol. The third-order valence-electron chi connectivity index (χ3n) is 9.03. The second-order valence-corrected chi connectivity index (χ2v) is 9.77. The van der Waals surface area contributed by atoms with Gasteiger partial charge in [-0.25, -0.2) is 0 Å². The molecule has 5 N–H and O–H groups in total. The molecule has 7 atom stereocenters. The Morgan fingerprint density at radius 2 is 1.76 bits per heavy atom. The maximum Gasteiger partial charge on any atom is 0.120 e. The lowest BCUT2D eigenvalue weighted by Crippen LogP contribution is -2.65. The van der Waals surface area contributed by atoms with Gasteiger partial charge in [-0.15, -0.1) is 0 Å². The zero-order valence-electron chi connectivity index (χ0n) is 15.3. The number of aliphatic hydroxyl groups excluding tert-OH is 3. The van der Waals surface area contributed by atoms with E-state index in [-0.39, 0.29) is 23.4 Å². The van der Waals surface area contributed by atoms with E-state index in [0.717, 1.165) is 25.7 Å². The van der Waals surface area contributed by atoms with Crippen LogP contribution >= 0.6 is 0 Å². The van der Waals surface area contributed by atoms with Crippen LogP contribution in [0.15, 0.2) is 11.6 Å². The lowest BCUT2D eigenvalue weighted by atomic mass is 9.39. The summed E-state index contributed by atoms with van der Waals surface area (Å²) in [4.78, 5) is 0. The van der Waals surface area contributed by atoms with E-state index in [1.165, 1.54) is 5.57 Å². The Morgan fingerprint density at radius 3 is 2.40 bits per heavy atom. The van der Waals surface area contributed by atoms with Crippen molar-refractivity contribution in [3.63, 3.8) is 0 Å². The van der Waals surface area contributed by atoms with Crippen molar-refractivity contribution in [2.75, 3.05) is 13.2 Å². The van der Waals surface area contributed by atoms with Crippen LogP contribution in [0.3, 0.4) is 0 Å². The number of hydrogen-bond donors (Lipinski definition) is 5. The number of aliphatic hydroxyl groups is 5. The molecule has 4 rings (SSSR count). The van der Waals surface area contributed by atoms with Gasteiger partial charge in [-0.1, -0.05) is 25.5 Å². The van der Waals surface area contributed by atoms with Crippen LogP contribution < -0.4 is 0 Å². The zero-order valence-corrected chi connectivity index (χ0v) is 15.3. The van der Waals surface area contributed by atoms with Gasteiger partial charge in [0.2, 0.25) is 0 Å². The molecule has 3 fully saturated rings. The van der Waals surface area contributed by atoms with Crippen LogP contribution in [0.5, 0.6) is 0 Å². The highest BCUT2D eigenvalue weighted by atomic mass is 16.4. The van der Waals surface area contributed by atoms with Gasteiger partial charge in [-0.3, -0.25) is 0 Å². The maximum atomic E-state index is 11.2. The van der Waals surface area contributed by atoms with E-state index in [4.69, 9.17) is 0 Å². The average Bonchev–Trinajstić information content (AvgIpc) is 2.87. The fraction of sp³-hybridized carbons (Fsp3) is 0.900. The Morgan fingerprint density at radius 1 is 1.04 bits per heavy atom. The second kappa shape index (κ2) is 5.08. The molecule has 0 amide bonds. The molecule has 4 aliphatic rings. The van der Waals surface area contributed by atoms with Crippen molar-refractivity contribution >= 4 is 0 Å². The van der Waals surface area contributed by atoms with Crippen LogP contribution in [0.2, 0.25) is 0 Å². The largest absolute Gasteiger partial charge is 0.396 e. The van der Waals surface area contributed by atoms with Gasteiger partial charge >= 0.3 is 0 Å². The average molecular weight is 352 g/mol. The molecular formula is C20H32O5. The summed E-state index contributed by atoms with van der Waals surface area (Å²) in [6.07, 6.45) is 6.12. The molecule has 3 saturated carbocycles. The predicted molar refractivity (Wildman–Crippen MR) is 92.6 cm³/mol. The predicted octanol–water partition coefficient (Wildman–Crippen LogP) is 1.12. The van der Waals surface area contributed by atoms with E-state index in [9.17, 15) is 25.5 Å². The van der Waals surface area contributed by atoms with Crippen molar-refractivity contribution in [1.29, 1.82) is 0 Å². The summed E-state index contributed by atoms with van der Waals surface area (Å²) in [5.41, 5.74) is -2.49. The summed E-state index contributed by atoms with van der Waals surface area (Å²) >= 11 is 0. The fourth-order valence-corrected chi connectivity index (χ4v) is 7.25. The van der Waals surface area contributed by atoms with E-state index in [1.807, 2.05) is 13.0 Å². The summed E-state index contributed by atoms with van der Waals surface area (Å²) in [5.74, 6) is 0.175. The van der Waals surface area contributed by atoms with Crippen LogP contribution in [0, 0.1) is 22.2 Å². The fourth-order valence-electron chi connectivity index (χ4n) is 7.25. The van der Waals surface area contributed by atoms with Crippen molar-refractivity contribution in [3.8, 4) is 0 Å². The zero-order chi connectivity index (χ0) is 18.3. The summed E-state index contributed by atoms with van der Waals surface area (Å²) in [5, 5.41) is 52.5. The summed E-state index contributed by atoms with van der Waals surface area (Å²) < 4.78 is 0. The molecule has 0 aliphatic heterocycles. The van der Waals surface area contributed by atoms with Gasteiger partial charge in [0, 0.05) is 10.8 Å². The molecule has 0 saturated heterocycles. The van der Waals surface area contributed by atoms with Gasteiger partial charge in [0.15, 0.2) is 0 Å². The Kier molecular flexibility index (Phi) is 3.64. The molecule has 1 spiro atoms. The summed E-state index contributed by atoms with van der Waals surface area (Å²) in [6.45, 7) is 3.80. The van der Waals surface area contributed by atoms with Gasteiger partial charge in [0.05, 0.1) is 19.3 Å². The molecule has 4 aliphatic carbocycles. The minimum atomic E-state index is -1.47. The Labute approximate surface area is 149 Å². The molecule has 0 aromatic carbocycles. The van der Waals surface area contributed by atoms with E-state index < -0.39 is 29.3 Å². The number of hydrogen-bond acceptors (Lipinski definition) is 5. The first-order valence-corrected chi connectivity index (χ1v) is 9.68. The van der Waals surface area contributed by atoms with Crippen LogP contribution in [0.1, 0.15) is 58.8 Å². The topological polar surface area (TPSA) is 101 Å². The minimum Gasteiger partial charge on any atom is -0.396 e. The standard InChI is InChI=1S/C20H32O5/c1-16(11-21)14-4-3-13-9-20(25)10-18(13,7-8-19(20,24)12-22)17(14,2)6-5-15(16)23/h9,14-15,21-25H,3-8,10-12H2,1-2H3/t14-,15+,16-,17-,18-,19-,20-/m0/s1. The third-order valence-corrected chi connectivity index (χ3v) is 9.03. The van der Waals surface area contributed by atoms with Crippen molar-refractivity contribution in [1.82, 2.24) is 0 Å². The first-order valence-electron chi connectivity index (χ1n) is 9.68. The first kappa shape index (κ1) is 17.9. The van der Waals surface area contributed by atoms with Crippen LogP contribution in [0.4, 0.5) is 0 Å². The van der Waals surface area contributed by atoms with Crippen LogP contribution in [0.25, 0.3) is 0 Å². The normalized spacial score (nSPS) is 57.6. The van der Waals surface area contributed by atoms with Crippen molar-refractivity contribution in [2.24, 2.45) is 22.2 Å². The SMILES string of the molecule is C[C@@]1(CO)[C@H](O)CC[C@@]2(C)[C@H]1CCC1=C[C@]3(O)C[C@@]12CC[C@]3(O)CO. The Balaban J connectivity index is 1.81. The van der Waals surface area contributed by atoms with E-state index in [2.05, 4.69) is 6.92 Å². The molecule has 25 heavy (non-hydrogen) atoms. The van der Waals surface area contributed by atoms with Crippen molar-refractivity contribution < 1.29 is 25.5 Å². The molecule has 142 valence electrons. The lowest BCUT2D eigenvalue weighted by molar-refractivity contribution is -0.225. The molecule has 0 unspecified atom stereocenters. The van der Waals surface area contributed by atoms with E-state index in [0.29, 0.717) is 19.3 Å². The molecule has 0 aromatic heterocycles. The van der Waals surface area contributed by atoms with Crippen LogP contribution in [-0.4, -0.2) is 56.1 Å². The summed E-state index contributed by atoms with van der Waals surface area (Å²) in [6, 6.07) is 0. The van der Waals surface area contributed by atoms with Gasteiger partial charge in [-0.2, -0.15) is 0 Å². The number of allylic oxidation sites excluding steroid dienone is 1. The van der Waals surface area contributed by atoms with Gasteiger partial charge in [0.1, 0.15) is 11.2 Å². The smallest absolute Gasteiger partial charge is 0.120 e. The Bertz CT molecular complexity index is 619. The van der Waals surface area contributed by atoms with Crippen molar-refractivity contribution in [3.05, 3.63) is 11.6 Å². The third kappa shape index (κ3) is 1.86. The molecule has 2 bridgehead atoms. The highest BCUT2D eigenvalue weighted by molar-refractivity contribution is 5.40. The molecule has 5 nitrogen and oxygen atoms in total. The molecule has 0 heterocycles. The van der Waals surface area contributed by atoms with E-state index >= 15 is 0 Å². The minimum absolute atomic E-state index is 0.0333.